The van der Waals surface area contributed by atoms with E-state index < -0.39 is 0 Å². The number of rotatable bonds is 2. The Morgan fingerprint density at radius 1 is 0.806 bits per heavy atom. The van der Waals surface area contributed by atoms with Crippen molar-refractivity contribution in [1.29, 1.82) is 0 Å². The van der Waals surface area contributed by atoms with Gasteiger partial charge in [-0.3, -0.25) is 4.48 Å². The van der Waals surface area contributed by atoms with Crippen LogP contribution in [0.2, 0.25) is 0 Å². The van der Waals surface area contributed by atoms with Crippen LogP contribution < -0.4 is 9.05 Å². The van der Waals surface area contributed by atoms with Crippen molar-refractivity contribution in [2.75, 3.05) is 14.1 Å². The van der Waals surface area contributed by atoms with E-state index in [0.29, 0.717) is 11.3 Å². The Labute approximate surface area is 216 Å². The minimum absolute atomic E-state index is 0.502. The van der Waals surface area contributed by atoms with E-state index in [9.17, 15) is 0 Å². The Morgan fingerprint density at radius 2 is 1.53 bits per heavy atom. The highest BCUT2D eigenvalue weighted by Gasteiger charge is 2.38. The molecule has 0 saturated heterocycles. The second-order valence-corrected chi connectivity index (χ2v) is 12.6. The molecule has 2 nitrogen and oxygen atoms in total. The summed E-state index contributed by atoms with van der Waals surface area (Å²) in [5, 5.41) is 2.73. The summed E-state index contributed by atoms with van der Waals surface area (Å²) in [7, 11) is 6.86. The van der Waals surface area contributed by atoms with E-state index in [0.717, 1.165) is 4.48 Å². The van der Waals surface area contributed by atoms with Crippen LogP contribution in [-0.2, 0) is 7.05 Å². The smallest absolute Gasteiger partial charge is 0.220 e. The van der Waals surface area contributed by atoms with Crippen molar-refractivity contribution in [1.82, 2.24) is 4.48 Å². The first-order valence-corrected chi connectivity index (χ1v) is 13.6. The molecule has 2 heterocycles. The Morgan fingerprint density at radius 3 is 2.28 bits per heavy atom. The van der Waals surface area contributed by atoms with Crippen molar-refractivity contribution in [2.24, 2.45) is 12.5 Å². The predicted molar refractivity (Wildman–Crippen MR) is 154 cm³/mol. The van der Waals surface area contributed by atoms with E-state index in [1.807, 2.05) is 0 Å². The molecule has 36 heavy (non-hydrogen) atoms. The largest absolute Gasteiger partial charge is 0.263 e. The first kappa shape index (κ1) is 23.4. The molecule has 1 saturated carbocycles. The number of hydrogen-bond acceptors (Lipinski definition) is 0. The number of quaternary nitrogens is 1. The zero-order valence-electron chi connectivity index (χ0n) is 23.1. The third-order valence-corrected chi connectivity index (χ3v) is 9.37. The summed E-state index contributed by atoms with van der Waals surface area (Å²) >= 11 is 0. The van der Waals surface area contributed by atoms with Gasteiger partial charge in [0, 0.05) is 36.2 Å². The Hall–Kier alpha value is -2.97. The van der Waals surface area contributed by atoms with Crippen LogP contribution in [0, 0.1) is 19.3 Å². The lowest BCUT2D eigenvalue weighted by Crippen LogP contribution is -2.35. The van der Waals surface area contributed by atoms with Gasteiger partial charge in [-0.15, -0.1) is 0 Å². The molecule has 3 aromatic carbocycles. The summed E-state index contributed by atoms with van der Waals surface area (Å²) in [5.74, 6) is 0.693. The van der Waals surface area contributed by atoms with Crippen LogP contribution in [0.25, 0.3) is 33.2 Å². The molecule has 4 aromatic rings. The maximum Gasteiger partial charge on any atom is 0.220 e. The monoisotopic (exact) mass is 476 g/mol. The summed E-state index contributed by atoms with van der Waals surface area (Å²) in [6.45, 7) is 9.38. The summed E-state index contributed by atoms with van der Waals surface area (Å²) in [6, 6.07) is 23.5. The maximum absolute atomic E-state index is 2.49. The zero-order valence-corrected chi connectivity index (χ0v) is 23.1. The van der Waals surface area contributed by atoms with Gasteiger partial charge in [0.15, 0.2) is 5.69 Å². The van der Waals surface area contributed by atoms with E-state index in [1.54, 1.807) is 0 Å². The highest BCUT2D eigenvalue weighted by Crippen LogP contribution is 2.52. The van der Waals surface area contributed by atoms with Crippen LogP contribution in [0.5, 0.6) is 0 Å². The van der Waals surface area contributed by atoms with Gasteiger partial charge in [-0.25, -0.2) is 0 Å². The molecule has 0 N–H and O–H groups in total. The Bertz CT molecular complexity index is 1510. The fourth-order valence-corrected chi connectivity index (χ4v) is 6.86. The van der Waals surface area contributed by atoms with Gasteiger partial charge in [0.25, 0.3) is 0 Å². The lowest BCUT2D eigenvalue weighted by molar-refractivity contribution is -0.665. The zero-order chi connectivity index (χ0) is 25.4. The minimum Gasteiger partial charge on any atom is -0.263 e. The minimum atomic E-state index is 0.502. The molecule has 2 aliphatic rings. The number of para-hydroxylation sites is 1. The molecule has 0 radical (unpaired) electrons. The van der Waals surface area contributed by atoms with Gasteiger partial charge in [0.1, 0.15) is 18.4 Å². The van der Waals surface area contributed by atoms with E-state index in [2.05, 4.69) is 114 Å². The summed E-state index contributed by atoms with van der Waals surface area (Å²) in [6.07, 6.45) is 5.27. The average molecular weight is 477 g/mol. The fourth-order valence-electron chi connectivity index (χ4n) is 6.86. The average Bonchev–Trinajstić information content (AvgIpc) is 3.06. The lowest BCUT2D eigenvalue weighted by atomic mass is 9.71. The molecule has 0 unspecified atom stereocenters. The van der Waals surface area contributed by atoms with Crippen LogP contribution >= 0.6 is 0 Å². The molecule has 1 aromatic heterocycles. The van der Waals surface area contributed by atoms with Crippen molar-refractivity contribution in [3.63, 3.8) is 0 Å². The van der Waals surface area contributed by atoms with Crippen molar-refractivity contribution in [3.8, 4) is 22.4 Å². The van der Waals surface area contributed by atoms with Crippen molar-refractivity contribution < 1.29 is 4.57 Å². The SMILES string of the molecule is Cc1cc2c(cc1-c1c3ccc(C4CCC(C)(C)CC4)cc3cc(C)[n+]1C)[N+](C)(C)c1ccccc1-2. The summed E-state index contributed by atoms with van der Waals surface area (Å²) < 4.78 is 3.18. The second kappa shape index (κ2) is 8.02. The standard InChI is InChI=1S/C34H40N2/c1-22-18-30-28-10-8-9-11-31(28)36(6,7)32(30)21-29(22)33-27-13-12-25(20-26(27)19-23(2)35(33)5)24-14-16-34(3,4)17-15-24/h8-13,18-21,24H,14-17H2,1-7H3/q+2. The summed E-state index contributed by atoms with van der Waals surface area (Å²) in [5.41, 5.74) is 12.8. The second-order valence-electron chi connectivity index (χ2n) is 12.6. The van der Waals surface area contributed by atoms with Gasteiger partial charge < -0.3 is 0 Å². The van der Waals surface area contributed by atoms with E-state index in [1.165, 1.54) is 87.0 Å². The third kappa shape index (κ3) is 3.53. The van der Waals surface area contributed by atoms with Gasteiger partial charge in [-0.1, -0.05) is 38.1 Å². The van der Waals surface area contributed by atoms with Crippen molar-refractivity contribution in [3.05, 3.63) is 77.5 Å². The Balaban J connectivity index is 1.50. The third-order valence-electron chi connectivity index (χ3n) is 9.37. The van der Waals surface area contributed by atoms with Gasteiger partial charge in [-0.05, 0) is 78.7 Å². The van der Waals surface area contributed by atoms with Gasteiger partial charge >= 0.3 is 0 Å². The number of fused-ring (bicyclic) bond motifs is 4. The van der Waals surface area contributed by atoms with Crippen LogP contribution in [0.4, 0.5) is 11.4 Å². The quantitative estimate of drug-likeness (QED) is 0.202. The van der Waals surface area contributed by atoms with Crippen LogP contribution in [-0.4, -0.2) is 14.1 Å². The molecule has 1 aliphatic heterocycles. The first-order chi connectivity index (χ1) is 17.1. The molecule has 1 aliphatic carbocycles. The van der Waals surface area contributed by atoms with E-state index in [-0.39, 0.29) is 0 Å². The van der Waals surface area contributed by atoms with E-state index >= 15 is 0 Å². The number of benzene rings is 3. The van der Waals surface area contributed by atoms with Crippen LogP contribution in [0.1, 0.15) is 62.3 Å². The number of nitrogens with zero attached hydrogens (tertiary/aromatic N) is 2. The highest BCUT2D eigenvalue weighted by atomic mass is 15.3. The normalized spacial score (nSPS) is 18.3. The van der Waals surface area contributed by atoms with Crippen molar-refractivity contribution in [2.45, 2.75) is 59.3 Å². The van der Waals surface area contributed by atoms with Gasteiger partial charge in [-0.2, -0.15) is 4.57 Å². The lowest BCUT2D eigenvalue weighted by Gasteiger charge is -2.34. The van der Waals surface area contributed by atoms with Gasteiger partial charge in [0.2, 0.25) is 5.69 Å². The van der Waals surface area contributed by atoms with Gasteiger partial charge in [0.05, 0.1) is 25.0 Å². The maximum atomic E-state index is 2.49. The number of aromatic nitrogens is 1. The number of pyridine rings is 1. The van der Waals surface area contributed by atoms with Crippen molar-refractivity contribution >= 4 is 22.1 Å². The van der Waals surface area contributed by atoms with E-state index in [4.69, 9.17) is 0 Å². The molecule has 2 heteroatoms. The number of hydrogen-bond donors (Lipinski definition) is 0. The molecular formula is C34H40N2+2. The molecule has 6 rings (SSSR count). The molecule has 0 spiro atoms. The molecule has 0 amide bonds. The molecule has 1 fully saturated rings. The fraction of sp³-hybridized carbons (Fsp3) is 0.382. The first-order valence-electron chi connectivity index (χ1n) is 13.6. The highest BCUT2D eigenvalue weighted by molar-refractivity contribution is 5.99. The molecule has 0 bridgehead atoms. The Kier molecular flexibility index (Phi) is 5.22. The predicted octanol–water partition coefficient (Wildman–Crippen LogP) is 8.51. The van der Waals surface area contributed by atoms with Crippen LogP contribution in [0.15, 0.2) is 60.7 Å². The molecular weight excluding hydrogens is 436 g/mol. The number of aryl methyl sites for hydroxylation is 2. The molecule has 0 atom stereocenters. The summed E-state index contributed by atoms with van der Waals surface area (Å²) in [4.78, 5) is 0. The topological polar surface area (TPSA) is 3.88 Å². The van der Waals surface area contributed by atoms with Crippen LogP contribution in [0.3, 0.4) is 0 Å². The molecule has 184 valence electrons.